The van der Waals surface area contributed by atoms with E-state index in [1.54, 1.807) is 27.9 Å². The minimum Gasteiger partial charge on any atom is -0.382 e. The van der Waals surface area contributed by atoms with Crippen molar-refractivity contribution in [1.82, 2.24) is 25.0 Å². The third-order valence-electron chi connectivity index (χ3n) is 7.56. The number of benzene rings is 1. The molecule has 1 amide bonds. The number of nitrogens with two attached hydrogens (primary N) is 2. The summed E-state index contributed by atoms with van der Waals surface area (Å²) in [6, 6.07) is 6.58. The molecule has 3 aromatic rings. The van der Waals surface area contributed by atoms with Crippen LogP contribution in [0.5, 0.6) is 0 Å². The molecule has 11 heteroatoms. The normalized spacial score (nSPS) is 20.9. The highest BCUT2D eigenvalue weighted by Gasteiger charge is 2.46. The monoisotopic (exact) mass is 463 g/mol. The average molecular weight is 464 g/mol. The van der Waals surface area contributed by atoms with Crippen molar-refractivity contribution in [2.45, 2.75) is 38.3 Å². The number of nitrogen functional groups attached to an aromatic ring is 1. The van der Waals surface area contributed by atoms with Crippen LogP contribution in [0, 0.1) is 11.2 Å². The van der Waals surface area contributed by atoms with Gasteiger partial charge in [0.1, 0.15) is 11.6 Å². The smallest absolute Gasteiger partial charge is 0.283 e. The molecular weight excluding hydrogens is 437 g/mol. The number of carbonyl (C=O) groups excluding carboxylic acids is 1. The first kappa shape index (κ1) is 21.0. The molecule has 10 nitrogen and oxygen atoms in total. The maximum atomic E-state index is 13.7. The second-order valence-corrected chi connectivity index (χ2v) is 9.42. The third-order valence-corrected chi connectivity index (χ3v) is 7.56. The van der Waals surface area contributed by atoms with E-state index in [4.69, 9.17) is 11.5 Å². The molecule has 1 atom stereocenters. The van der Waals surface area contributed by atoms with E-state index in [-0.39, 0.29) is 34.7 Å². The number of amides is 1. The van der Waals surface area contributed by atoms with Gasteiger partial charge in [0.2, 0.25) is 5.95 Å². The molecule has 34 heavy (non-hydrogen) atoms. The van der Waals surface area contributed by atoms with Crippen molar-refractivity contribution in [2.75, 3.05) is 35.2 Å². The molecule has 4 heterocycles. The second-order valence-electron chi connectivity index (χ2n) is 9.42. The van der Waals surface area contributed by atoms with Crippen LogP contribution in [0.3, 0.4) is 0 Å². The lowest BCUT2D eigenvalue weighted by Crippen LogP contribution is -2.45. The van der Waals surface area contributed by atoms with Crippen LogP contribution in [0.15, 0.2) is 30.5 Å². The zero-order valence-electron chi connectivity index (χ0n) is 18.7. The van der Waals surface area contributed by atoms with Gasteiger partial charge in [-0.3, -0.25) is 9.69 Å². The third kappa shape index (κ3) is 3.22. The molecule has 1 saturated heterocycles. The van der Waals surface area contributed by atoms with E-state index in [2.05, 4.69) is 20.3 Å². The van der Waals surface area contributed by atoms with E-state index in [0.717, 1.165) is 49.2 Å². The van der Waals surface area contributed by atoms with Crippen LogP contribution in [0.2, 0.25) is 0 Å². The predicted molar refractivity (Wildman–Crippen MR) is 124 cm³/mol. The van der Waals surface area contributed by atoms with E-state index in [1.807, 2.05) is 11.0 Å². The molecule has 0 radical (unpaired) electrons. The molecule has 4 N–H and O–H groups in total. The maximum Gasteiger partial charge on any atom is 0.283 e. The topological polar surface area (TPSA) is 132 Å². The van der Waals surface area contributed by atoms with Crippen molar-refractivity contribution in [1.29, 1.82) is 0 Å². The number of aromatic nitrogens is 5. The highest BCUT2D eigenvalue weighted by atomic mass is 19.1. The summed E-state index contributed by atoms with van der Waals surface area (Å²) in [7, 11) is 0. The zero-order valence-corrected chi connectivity index (χ0v) is 18.7. The van der Waals surface area contributed by atoms with Gasteiger partial charge in [0, 0.05) is 38.3 Å². The van der Waals surface area contributed by atoms with E-state index in [9.17, 15) is 9.18 Å². The Hall–Kier alpha value is -3.60. The first-order valence-corrected chi connectivity index (χ1v) is 11.6. The molecule has 6 rings (SSSR count). The van der Waals surface area contributed by atoms with Crippen LogP contribution < -0.4 is 21.3 Å². The Morgan fingerprint density at radius 2 is 1.94 bits per heavy atom. The lowest BCUT2D eigenvalue weighted by molar-refractivity contribution is 0.0976. The molecule has 2 aromatic heterocycles. The number of aryl methyl sites for hydroxylation is 1. The summed E-state index contributed by atoms with van der Waals surface area (Å²) in [5.74, 6) is 0.635. The number of nitrogens with zero attached hydrogens (tertiary/aromatic N) is 7. The van der Waals surface area contributed by atoms with Crippen LogP contribution in [0.1, 0.15) is 46.9 Å². The summed E-state index contributed by atoms with van der Waals surface area (Å²) in [4.78, 5) is 21.2. The summed E-state index contributed by atoms with van der Waals surface area (Å²) in [5, 5.41) is 12.6. The molecule has 1 aromatic carbocycles. The largest absolute Gasteiger partial charge is 0.382 e. The van der Waals surface area contributed by atoms with Gasteiger partial charge in [0.15, 0.2) is 11.5 Å². The van der Waals surface area contributed by atoms with E-state index in [0.29, 0.717) is 25.6 Å². The Morgan fingerprint density at radius 3 is 2.74 bits per heavy atom. The lowest BCUT2D eigenvalue weighted by atomic mass is 9.73. The molecule has 0 bridgehead atoms. The molecule has 0 saturated carbocycles. The highest BCUT2D eigenvalue weighted by molar-refractivity contribution is 6.07. The van der Waals surface area contributed by atoms with Crippen molar-refractivity contribution in [3.8, 4) is 0 Å². The quantitative estimate of drug-likeness (QED) is 0.587. The molecule has 176 valence electrons. The van der Waals surface area contributed by atoms with Crippen LogP contribution in [-0.4, -0.2) is 50.5 Å². The second kappa shape index (κ2) is 7.73. The Kier molecular flexibility index (Phi) is 4.76. The number of hydrogen-bond donors (Lipinski definition) is 2. The zero-order chi connectivity index (χ0) is 23.4. The van der Waals surface area contributed by atoms with Gasteiger partial charge in [-0.1, -0.05) is 6.07 Å². The number of rotatable bonds is 2. The van der Waals surface area contributed by atoms with Gasteiger partial charge in [-0.25, -0.2) is 9.07 Å². The SMILES string of the molecule is Nc1nc(N2CCC3(CC2)Cc2cc(F)ccc2C3N)nnc1C(=O)N1CCCn2nccc21. The Balaban J connectivity index is 1.17. The van der Waals surface area contributed by atoms with Crippen molar-refractivity contribution in [3.05, 3.63) is 53.1 Å². The molecule has 1 aliphatic carbocycles. The minimum atomic E-state index is -0.329. The standard InChI is InChI=1S/C23H26FN9O/c24-15-2-3-16-14(12-15)13-23(19(16)25)5-10-31(11-6-23)22-28-20(26)18(29-30-22)21(34)32-8-1-9-33-17(32)4-7-27-33/h2-4,7,12,19H,1,5-6,8-11,13,25H2,(H2,26,28,30). The van der Waals surface area contributed by atoms with Crippen LogP contribution in [0.25, 0.3) is 0 Å². The van der Waals surface area contributed by atoms with Gasteiger partial charge in [-0.15, -0.1) is 10.2 Å². The number of fused-ring (bicyclic) bond motifs is 2. The molecule has 1 fully saturated rings. The first-order chi connectivity index (χ1) is 16.4. The summed E-state index contributed by atoms with van der Waals surface area (Å²) < 4.78 is 15.5. The summed E-state index contributed by atoms with van der Waals surface area (Å²) in [6.45, 7) is 2.70. The fourth-order valence-corrected chi connectivity index (χ4v) is 5.66. The summed E-state index contributed by atoms with van der Waals surface area (Å²) >= 11 is 0. The van der Waals surface area contributed by atoms with Gasteiger partial charge in [0.25, 0.3) is 5.91 Å². The van der Waals surface area contributed by atoms with Gasteiger partial charge >= 0.3 is 0 Å². The van der Waals surface area contributed by atoms with Crippen molar-refractivity contribution in [3.63, 3.8) is 0 Å². The molecule has 1 spiro atoms. The number of anilines is 3. The van der Waals surface area contributed by atoms with E-state index >= 15 is 0 Å². The van der Waals surface area contributed by atoms with Crippen LogP contribution in [0.4, 0.5) is 22.0 Å². The fraction of sp³-hybridized carbons (Fsp3) is 0.435. The van der Waals surface area contributed by atoms with Crippen molar-refractivity contribution >= 4 is 23.5 Å². The molecular formula is C23H26FN9O. The maximum absolute atomic E-state index is 13.7. The predicted octanol–water partition coefficient (Wildman–Crippen LogP) is 1.68. The lowest BCUT2D eigenvalue weighted by Gasteiger charge is -2.42. The van der Waals surface area contributed by atoms with Gasteiger partial charge in [-0.2, -0.15) is 10.1 Å². The summed E-state index contributed by atoms with van der Waals surface area (Å²) in [6.07, 6.45) is 4.90. The highest BCUT2D eigenvalue weighted by Crippen LogP contribution is 2.51. The van der Waals surface area contributed by atoms with Crippen molar-refractivity contribution < 1.29 is 9.18 Å². The van der Waals surface area contributed by atoms with Gasteiger partial charge in [-0.05, 0) is 54.4 Å². The molecule has 3 aliphatic rings. The minimum absolute atomic E-state index is 0.0437. The number of hydrogen-bond acceptors (Lipinski definition) is 8. The fourth-order valence-electron chi connectivity index (χ4n) is 5.66. The van der Waals surface area contributed by atoms with Crippen LogP contribution in [-0.2, 0) is 13.0 Å². The van der Waals surface area contributed by atoms with Crippen molar-refractivity contribution in [2.24, 2.45) is 11.1 Å². The van der Waals surface area contributed by atoms with Gasteiger partial charge < -0.3 is 16.4 Å². The Morgan fingerprint density at radius 1 is 1.12 bits per heavy atom. The molecule has 2 aliphatic heterocycles. The Labute approximate surface area is 195 Å². The summed E-state index contributed by atoms with van der Waals surface area (Å²) in [5.41, 5.74) is 14.8. The van der Waals surface area contributed by atoms with E-state index < -0.39 is 0 Å². The van der Waals surface area contributed by atoms with E-state index in [1.165, 1.54) is 6.07 Å². The first-order valence-electron chi connectivity index (χ1n) is 11.6. The number of carbonyl (C=O) groups is 1. The Bertz CT molecular complexity index is 1270. The average Bonchev–Trinajstić information content (AvgIpc) is 3.42. The van der Waals surface area contributed by atoms with Crippen LogP contribution >= 0.6 is 0 Å². The number of piperidine rings is 1. The molecule has 1 unspecified atom stereocenters. The van der Waals surface area contributed by atoms with Gasteiger partial charge in [0.05, 0.1) is 6.20 Å². The number of halogens is 1.